The summed E-state index contributed by atoms with van der Waals surface area (Å²) in [5.74, 6) is 2.08. The zero-order valence-corrected chi connectivity index (χ0v) is 17.3. The zero-order valence-electron chi connectivity index (χ0n) is 16.5. The van der Waals surface area contributed by atoms with Crippen molar-refractivity contribution in [3.8, 4) is 5.75 Å². The van der Waals surface area contributed by atoms with Crippen molar-refractivity contribution in [2.75, 3.05) is 43.1 Å². The molecule has 1 fully saturated rings. The number of piperazine rings is 1. The average Bonchev–Trinajstić information content (AvgIpc) is 3.12. The van der Waals surface area contributed by atoms with Gasteiger partial charge in [0.1, 0.15) is 11.6 Å². The summed E-state index contributed by atoms with van der Waals surface area (Å²) < 4.78 is 8.04. The van der Waals surface area contributed by atoms with Gasteiger partial charge in [-0.15, -0.1) is 0 Å². The van der Waals surface area contributed by atoms with Crippen molar-refractivity contribution in [2.45, 2.75) is 20.4 Å². The van der Waals surface area contributed by atoms with Gasteiger partial charge in [-0.2, -0.15) is 5.10 Å². The Morgan fingerprint density at radius 3 is 2.57 bits per heavy atom. The van der Waals surface area contributed by atoms with Gasteiger partial charge in [-0.25, -0.2) is 9.67 Å². The van der Waals surface area contributed by atoms with Gasteiger partial charge in [-0.1, -0.05) is 25.2 Å². The highest BCUT2D eigenvalue weighted by molar-refractivity contribution is 7.22. The second-order valence-electron chi connectivity index (χ2n) is 7.41. The molecule has 7 nitrogen and oxygen atoms in total. The van der Waals surface area contributed by atoms with Gasteiger partial charge in [0.25, 0.3) is 5.56 Å². The number of methoxy groups -OCH3 is 1. The molecule has 0 bridgehead atoms. The summed E-state index contributed by atoms with van der Waals surface area (Å²) in [6.07, 6.45) is 0. The molecule has 0 radical (unpaired) electrons. The number of anilines is 2. The number of hydrogen-bond acceptors (Lipinski definition) is 7. The highest BCUT2D eigenvalue weighted by Gasteiger charge is 2.21. The predicted molar refractivity (Wildman–Crippen MR) is 114 cm³/mol. The summed E-state index contributed by atoms with van der Waals surface area (Å²) in [6.45, 7) is 8.28. The van der Waals surface area contributed by atoms with Crippen LogP contribution in [0.5, 0.6) is 5.75 Å². The maximum Gasteiger partial charge on any atom is 0.266 e. The quantitative estimate of drug-likeness (QED) is 0.657. The fraction of sp³-hybridized carbons (Fsp3) is 0.450. The van der Waals surface area contributed by atoms with Crippen LogP contribution in [0.15, 0.2) is 35.1 Å². The molecule has 0 spiro atoms. The van der Waals surface area contributed by atoms with Crippen molar-refractivity contribution in [3.63, 3.8) is 0 Å². The number of thiazole rings is 1. The lowest BCUT2D eigenvalue weighted by molar-refractivity contribution is 0.415. The van der Waals surface area contributed by atoms with E-state index in [-0.39, 0.29) is 5.56 Å². The Morgan fingerprint density at radius 2 is 1.86 bits per heavy atom. The van der Waals surface area contributed by atoms with Crippen molar-refractivity contribution in [3.05, 3.63) is 40.7 Å². The number of ether oxygens (including phenoxy) is 1. The molecular formula is C20H25N5O2S. The molecular weight excluding hydrogens is 374 g/mol. The van der Waals surface area contributed by atoms with Crippen LogP contribution in [0.2, 0.25) is 0 Å². The molecule has 28 heavy (non-hydrogen) atoms. The minimum absolute atomic E-state index is 0.0408. The summed E-state index contributed by atoms with van der Waals surface area (Å²) in [4.78, 5) is 21.4. The molecule has 3 heterocycles. The minimum atomic E-state index is -0.0408. The molecule has 2 aromatic heterocycles. The number of hydrogen-bond donors (Lipinski definition) is 0. The lowest BCUT2D eigenvalue weighted by Gasteiger charge is -2.35. The lowest BCUT2D eigenvalue weighted by Crippen LogP contribution is -2.47. The van der Waals surface area contributed by atoms with Gasteiger partial charge >= 0.3 is 0 Å². The summed E-state index contributed by atoms with van der Waals surface area (Å²) in [5, 5.41) is 5.61. The van der Waals surface area contributed by atoms with Gasteiger partial charge < -0.3 is 14.5 Å². The Morgan fingerprint density at radius 1 is 1.11 bits per heavy atom. The fourth-order valence-electron chi connectivity index (χ4n) is 3.37. The third kappa shape index (κ3) is 3.82. The van der Waals surface area contributed by atoms with Crippen LogP contribution in [0.25, 0.3) is 10.2 Å². The van der Waals surface area contributed by atoms with Crippen molar-refractivity contribution in [1.82, 2.24) is 14.8 Å². The third-order valence-electron chi connectivity index (χ3n) is 4.85. The third-order valence-corrected chi connectivity index (χ3v) is 5.95. The average molecular weight is 400 g/mol. The Kier molecular flexibility index (Phi) is 5.21. The Bertz CT molecular complexity index is 1020. The van der Waals surface area contributed by atoms with Crippen molar-refractivity contribution in [2.24, 2.45) is 5.92 Å². The van der Waals surface area contributed by atoms with Crippen LogP contribution in [-0.4, -0.2) is 48.1 Å². The van der Waals surface area contributed by atoms with Crippen molar-refractivity contribution in [1.29, 1.82) is 0 Å². The van der Waals surface area contributed by atoms with E-state index in [1.54, 1.807) is 29.2 Å². The van der Waals surface area contributed by atoms with E-state index in [1.807, 2.05) is 18.2 Å². The molecule has 1 aromatic carbocycles. The van der Waals surface area contributed by atoms with Crippen LogP contribution < -0.4 is 20.1 Å². The first kappa shape index (κ1) is 18.7. The van der Waals surface area contributed by atoms with E-state index >= 15 is 0 Å². The highest BCUT2D eigenvalue weighted by Crippen LogP contribution is 2.31. The second-order valence-corrected chi connectivity index (χ2v) is 8.42. The molecule has 0 saturated carbocycles. The molecule has 3 aromatic rings. The number of aromatic nitrogens is 3. The largest absolute Gasteiger partial charge is 0.497 e. The standard InChI is InChI=1S/C20H25N5O2S/c1-14(2)13-25-19(26)7-6-18(22-25)23-8-10-24(11-9-23)20-21-16-12-15(27-3)4-5-17(16)28-20/h4-7,12,14H,8-11,13H2,1-3H3. The topological polar surface area (TPSA) is 63.5 Å². The Hall–Kier alpha value is -2.61. The summed E-state index contributed by atoms with van der Waals surface area (Å²) in [5.41, 5.74) is 0.935. The minimum Gasteiger partial charge on any atom is -0.497 e. The van der Waals surface area contributed by atoms with Gasteiger partial charge in [0.05, 0.1) is 17.3 Å². The second kappa shape index (κ2) is 7.79. The molecule has 148 valence electrons. The first-order chi connectivity index (χ1) is 13.5. The maximum atomic E-state index is 12.0. The number of rotatable bonds is 5. The molecule has 8 heteroatoms. The van der Waals surface area contributed by atoms with E-state index in [0.717, 1.165) is 48.4 Å². The number of nitrogens with zero attached hydrogens (tertiary/aromatic N) is 5. The monoisotopic (exact) mass is 399 g/mol. The Balaban J connectivity index is 1.47. The first-order valence-electron chi connectivity index (χ1n) is 9.56. The first-order valence-corrected chi connectivity index (χ1v) is 10.4. The highest BCUT2D eigenvalue weighted by atomic mass is 32.1. The van der Waals surface area contributed by atoms with E-state index in [9.17, 15) is 4.79 Å². The molecule has 1 saturated heterocycles. The van der Waals surface area contributed by atoms with Crippen LogP contribution in [0.3, 0.4) is 0 Å². The van der Waals surface area contributed by atoms with E-state index in [1.165, 1.54) is 4.70 Å². The predicted octanol–water partition coefficient (Wildman–Crippen LogP) is 2.84. The molecule has 0 amide bonds. The van der Waals surface area contributed by atoms with Crippen molar-refractivity contribution >= 4 is 32.5 Å². The van der Waals surface area contributed by atoms with Gasteiger partial charge in [0, 0.05) is 44.9 Å². The fourth-order valence-corrected chi connectivity index (χ4v) is 4.37. The lowest BCUT2D eigenvalue weighted by atomic mass is 10.2. The van der Waals surface area contributed by atoms with E-state index < -0.39 is 0 Å². The van der Waals surface area contributed by atoms with Crippen LogP contribution in [0.1, 0.15) is 13.8 Å². The molecule has 0 unspecified atom stereocenters. The van der Waals surface area contributed by atoms with Gasteiger partial charge in [0.15, 0.2) is 5.13 Å². The molecule has 1 aliphatic heterocycles. The van der Waals surface area contributed by atoms with Crippen LogP contribution >= 0.6 is 11.3 Å². The molecule has 4 rings (SSSR count). The van der Waals surface area contributed by atoms with Crippen LogP contribution in [0, 0.1) is 5.92 Å². The SMILES string of the molecule is COc1ccc2sc(N3CCN(c4ccc(=O)n(CC(C)C)n4)CC3)nc2c1. The molecule has 0 N–H and O–H groups in total. The van der Waals surface area contributed by atoms with Gasteiger partial charge in [-0.3, -0.25) is 4.79 Å². The van der Waals surface area contributed by atoms with E-state index in [2.05, 4.69) is 34.8 Å². The molecule has 1 aliphatic rings. The summed E-state index contributed by atoms with van der Waals surface area (Å²) in [7, 11) is 1.67. The summed E-state index contributed by atoms with van der Waals surface area (Å²) in [6, 6.07) is 9.47. The smallest absolute Gasteiger partial charge is 0.266 e. The summed E-state index contributed by atoms with van der Waals surface area (Å²) >= 11 is 1.71. The maximum absolute atomic E-state index is 12.0. The van der Waals surface area contributed by atoms with E-state index in [4.69, 9.17) is 9.72 Å². The Labute approximate surface area is 168 Å². The van der Waals surface area contributed by atoms with E-state index in [0.29, 0.717) is 12.5 Å². The molecule has 0 atom stereocenters. The number of fused-ring (bicyclic) bond motifs is 1. The van der Waals surface area contributed by atoms with Crippen LogP contribution in [-0.2, 0) is 6.54 Å². The van der Waals surface area contributed by atoms with Gasteiger partial charge in [0.2, 0.25) is 0 Å². The van der Waals surface area contributed by atoms with Crippen molar-refractivity contribution < 1.29 is 4.74 Å². The zero-order chi connectivity index (χ0) is 19.7. The molecule has 0 aliphatic carbocycles. The normalized spacial score (nSPS) is 14.9. The number of benzene rings is 1. The van der Waals surface area contributed by atoms with Gasteiger partial charge in [-0.05, 0) is 24.1 Å². The van der Waals surface area contributed by atoms with Crippen LogP contribution in [0.4, 0.5) is 10.9 Å².